The third-order valence-electron chi connectivity index (χ3n) is 5.32. The molecule has 0 unspecified atom stereocenters. The minimum absolute atomic E-state index is 0.0502. The van der Waals surface area contributed by atoms with E-state index in [0.717, 1.165) is 11.3 Å². The Kier molecular flexibility index (Phi) is 3.83. The lowest BCUT2D eigenvalue weighted by Crippen LogP contribution is -2.39. The van der Waals surface area contributed by atoms with Gasteiger partial charge in [0.05, 0.1) is 19.6 Å². The van der Waals surface area contributed by atoms with Gasteiger partial charge in [0.15, 0.2) is 0 Å². The zero-order valence-corrected chi connectivity index (χ0v) is 14.7. The first-order valence-corrected chi connectivity index (χ1v) is 8.51. The van der Waals surface area contributed by atoms with E-state index in [1.807, 2.05) is 18.2 Å². The summed E-state index contributed by atoms with van der Waals surface area (Å²) in [5, 5.41) is 2.95. The number of anilines is 1. The summed E-state index contributed by atoms with van der Waals surface area (Å²) in [6.45, 7) is 0.902. The van der Waals surface area contributed by atoms with Crippen molar-refractivity contribution in [3.05, 3.63) is 53.6 Å². The van der Waals surface area contributed by atoms with Crippen LogP contribution >= 0.6 is 0 Å². The Hall–Kier alpha value is -3.02. The van der Waals surface area contributed by atoms with Crippen molar-refractivity contribution in [2.45, 2.75) is 11.8 Å². The van der Waals surface area contributed by atoms with Crippen LogP contribution in [0.3, 0.4) is 0 Å². The maximum absolute atomic E-state index is 12.9. The second-order valence-corrected chi connectivity index (χ2v) is 6.65. The largest absolute Gasteiger partial charge is 0.497 e. The Morgan fingerprint density at radius 2 is 1.77 bits per heavy atom. The minimum atomic E-state index is -0.702. The van der Waals surface area contributed by atoms with Gasteiger partial charge in [0.2, 0.25) is 5.91 Å². The molecular weight excluding hydrogens is 332 g/mol. The zero-order valence-electron chi connectivity index (χ0n) is 14.7. The summed E-state index contributed by atoms with van der Waals surface area (Å²) in [5.74, 6) is 1.29. The number of nitrogens with zero attached hydrogens (tertiary/aromatic N) is 1. The fraction of sp³-hybridized carbons (Fsp3) is 0.300. The molecule has 26 heavy (non-hydrogen) atoms. The van der Waals surface area contributed by atoms with Crippen molar-refractivity contribution in [1.29, 1.82) is 0 Å². The third kappa shape index (κ3) is 2.41. The first kappa shape index (κ1) is 16.4. The number of ether oxygens (including phenoxy) is 2. The van der Waals surface area contributed by atoms with Crippen LogP contribution in [0.4, 0.5) is 5.69 Å². The van der Waals surface area contributed by atoms with Crippen molar-refractivity contribution < 1.29 is 19.1 Å². The highest BCUT2D eigenvalue weighted by molar-refractivity contribution is 6.07. The van der Waals surface area contributed by atoms with E-state index in [9.17, 15) is 9.59 Å². The van der Waals surface area contributed by atoms with Crippen LogP contribution in [-0.2, 0) is 10.2 Å². The Balaban J connectivity index is 1.62. The standard InChI is InChI=1S/C20H20N2O4/c1-25-14-5-3-13(4-6-14)18(23)22-10-9-20(12-22)16-11-15(26-2)7-8-17(16)21-19(20)24/h3-8,11H,9-10,12H2,1-2H3,(H,21,24)/t20-/m1/s1. The van der Waals surface area contributed by atoms with Gasteiger partial charge in [-0.2, -0.15) is 0 Å². The predicted octanol–water partition coefficient (Wildman–Crippen LogP) is 2.44. The van der Waals surface area contributed by atoms with E-state index in [0.29, 0.717) is 36.6 Å². The lowest BCUT2D eigenvalue weighted by Gasteiger charge is -2.23. The molecule has 0 bridgehead atoms. The summed E-state index contributed by atoms with van der Waals surface area (Å²) in [7, 11) is 3.19. The smallest absolute Gasteiger partial charge is 0.253 e. The number of rotatable bonds is 3. The maximum Gasteiger partial charge on any atom is 0.253 e. The lowest BCUT2D eigenvalue weighted by atomic mass is 9.81. The highest BCUT2D eigenvalue weighted by atomic mass is 16.5. The molecule has 6 nitrogen and oxygen atoms in total. The quantitative estimate of drug-likeness (QED) is 0.921. The Bertz CT molecular complexity index is 878. The number of hydrogen-bond acceptors (Lipinski definition) is 4. The zero-order chi connectivity index (χ0) is 18.3. The summed E-state index contributed by atoms with van der Waals surface area (Å²) in [6, 6.07) is 12.6. The lowest BCUT2D eigenvalue weighted by molar-refractivity contribution is -0.120. The molecule has 2 heterocycles. The maximum atomic E-state index is 12.9. The number of methoxy groups -OCH3 is 2. The van der Waals surface area contributed by atoms with Gasteiger partial charge in [-0.3, -0.25) is 9.59 Å². The number of benzene rings is 2. The monoisotopic (exact) mass is 352 g/mol. The Morgan fingerprint density at radius 1 is 1.08 bits per heavy atom. The van der Waals surface area contributed by atoms with Gasteiger partial charge in [-0.25, -0.2) is 0 Å². The molecular formula is C20H20N2O4. The molecule has 1 atom stereocenters. The van der Waals surface area contributed by atoms with Crippen molar-refractivity contribution in [3.63, 3.8) is 0 Å². The highest BCUT2D eigenvalue weighted by Crippen LogP contribution is 2.45. The van der Waals surface area contributed by atoms with Crippen molar-refractivity contribution in [1.82, 2.24) is 4.90 Å². The summed E-state index contributed by atoms with van der Waals surface area (Å²) >= 11 is 0. The van der Waals surface area contributed by atoms with Gasteiger partial charge < -0.3 is 19.7 Å². The van der Waals surface area contributed by atoms with E-state index >= 15 is 0 Å². The topological polar surface area (TPSA) is 67.9 Å². The van der Waals surface area contributed by atoms with Crippen LogP contribution in [-0.4, -0.2) is 44.0 Å². The van der Waals surface area contributed by atoms with Gasteiger partial charge in [-0.1, -0.05) is 0 Å². The van der Waals surface area contributed by atoms with Crippen molar-refractivity contribution in [2.75, 3.05) is 32.6 Å². The molecule has 4 rings (SSSR count). The third-order valence-corrected chi connectivity index (χ3v) is 5.32. The minimum Gasteiger partial charge on any atom is -0.497 e. The van der Waals surface area contributed by atoms with Gasteiger partial charge >= 0.3 is 0 Å². The molecule has 0 radical (unpaired) electrons. The number of carbonyl (C=O) groups excluding carboxylic acids is 2. The van der Waals surface area contributed by atoms with E-state index < -0.39 is 5.41 Å². The van der Waals surface area contributed by atoms with Gasteiger partial charge in [0.1, 0.15) is 11.5 Å². The number of carbonyl (C=O) groups is 2. The van der Waals surface area contributed by atoms with Crippen molar-refractivity contribution >= 4 is 17.5 Å². The van der Waals surface area contributed by atoms with Gasteiger partial charge in [0, 0.05) is 24.3 Å². The number of amides is 2. The van der Waals surface area contributed by atoms with E-state index in [4.69, 9.17) is 9.47 Å². The second kappa shape index (κ2) is 6.05. The van der Waals surface area contributed by atoms with E-state index in [1.165, 1.54) is 0 Å². The molecule has 6 heteroatoms. The van der Waals surface area contributed by atoms with Crippen LogP contribution in [0, 0.1) is 0 Å². The molecule has 134 valence electrons. The van der Waals surface area contributed by atoms with Gasteiger partial charge in [-0.15, -0.1) is 0 Å². The summed E-state index contributed by atoms with van der Waals surface area (Å²) < 4.78 is 10.4. The predicted molar refractivity (Wildman–Crippen MR) is 96.8 cm³/mol. The van der Waals surface area contributed by atoms with Gasteiger partial charge in [0.25, 0.3) is 5.91 Å². The molecule has 2 amide bonds. The van der Waals surface area contributed by atoms with E-state index in [1.54, 1.807) is 43.4 Å². The second-order valence-electron chi connectivity index (χ2n) is 6.65. The molecule has 0 saturated carbocycles. The first-order chi connectivity index (χ1) is 12.6. The fourth-order valence-corrected chi connectivity index (χ4v) is 3.82. The Labute approximate surface area is 151 Å². The van der Waals surface area contributed by atoms with Crippen LogP contribution in [0.2, 0.25) is 0 Å². The summed E-state index contributed by atoms with van der Waals surface area (Å²) in [4.78, 5) is 27.3. The van der Waals surface area contributed by atoms with Crippen LogP contribution in [0.5, 0.6) is 11.5 Å². The van der Waals surface area contributed by atoms with Crippen molar-refractivity contribution in [3.8, 4) is 11.5 Å². The molecule has 1 fully saturated rings. The average Bonchev–Trinajstić information content (AvgIpc) is 3.24. The highest BCUT2D eigenvalue weighted by Gasteiger charge is 2.52. The normalized spacial score (nSPS) is 20.8. The number of likely N-dealkylation sites (tertiary alicyclic amines) is 1. The van der Waals surface area contributed by atoms with Crippen LogP contribution < -0.4 is 14.8 Å². The molecule has 1 saturated heterocycles. The molecule has 2 aromatic rings. The molecule has 0 aliphatic carbocycles. The van der Waals surface area contributed by atoms with Crippen LogP contribution in [0.15, 0.2) is 42.5 Å². The number of nitrogens with one attached hydrogen (secondary N) is 1. The molecule has 1 spiro atoms. The van der Waals surface area contributed by atoms with Crippen LogP contribution in [0.25, 0.3) is 0 Å². The first-order valence-electron chi connectivity index (χ1n) is 8.51. The summed E-state index contributed by atoms with van der Waals surface area (Å²) in [6.07, 6.45) is 0.598. The summed E-state index contributed by atoms with van der Waals surface area (Å²) in [5.41, 5.74) is 1.60. The molecule has 2 aromatic carbocycles. The SMILES string of the molecule is COc1ccc(C(=O)N2CC[C@]3(C2)C(=O)Nc2ccc(OC)cc23)cc1. The van der Waals surface area contributed by atoms with Crippen LogP contribution in [0.1, 0.15) is 22.3 Å². The number of hydrogen-bond donors (Lipinski definition) is 1. The Morgan fingerprint density at radius 3 is 2.46 bits per heavy atom. The molecule has 0 aromatic heterocycles. The number of fused-ring (bicyclic) bond motifs is 2. The molecule has 2 aliphatic heterocycles. The average molecular weight is 352 g/mol. The molecule has 2 aliphatic rings. The fourth-order valence-electron chi connectivity index (χ4n) is 3.82. The van der Waals surface area contributed by atoms with Crippen molar-refractivity contribution in [2.24, 2.45) is 0 Å². The van der Waals surface area contributed by atoms with Gasteiger partial charge in [-0.05, 0) is 54.4 Å². The van der Waals surface area contributed by atoms with E-state index in [-0.39, 0.29) is 11.8 Å². The molecule has 1 N–H and O–H groups in total. The van der Waals surface area contributed by atoms with E-state index in [2.05, 4.69) is 5.32 Å².